The highest BCUT2D eigenvalue weighted by molar-refractivity contribution is 8.00. The Morgan fingerprint density at radius 1 is 1.25 bits per heavy atom. The first-order valence-corrected chi connectivity index (χ1v) is 12.2. The summed E-state index contributed by atoms with van der Waals surface area (Å²) < 4.78 is 8.20. The molecule has 1 aliphatic heterocycles. The third kappa shape index (κ3) is 3.92. The van der Waals surface area contributed by atoms with Crippen LogP contribution in [0.5, 0.6) is 0 Å². The van der Waals surface area contributed by atoms with E-state index >= 15 is 0 Å². The van der Waals surface area contributed by atoms with Crippen LogP contribution in [0, 0.1) is 0 Å². The van der Waals surface area contributed by atoms with Gasteiger partial charge in [0, 0.05) is 28.8 Å². The minimum absolute atomic E-state index is 0.160. The van der Waals surface area contributed by atoms with Gasteiger partial charge in [-0.15, -0.1) is 21.5 Å². The first-order chi connectivity index (χ1) is 13.2. The number of thiophene rings is 1. The van der Waals surface area contributed by atoms with Crippen molar-refractivity contribution in [2.45, 2.75) is 61.9 Å². The topological polar surface area (TPSA) is 55.6 Å². The third-order valence-electron chi connectivity index (χ3n) is 4.62. The number of hydrogen-bond donors (Lipinski definition) is 0. The molecule has 0 N–H and O–H groups in total. The van der Waals surface area contributed by atoms with Gasteiger partial charge in [0.25, 0.3) is 0 Å². The van der Waals surface area contributed by atoms with Crippen LogP contribution in [0.2, 0.25) is 0 Å². The molecule has 0 fully saturated rings. The normalized spacial score (nSPS) is 16.6. The molecule has 4 heterocycles. The smallest absolute Gasteiger partial charge is 0.197 e. The van der Waals surface area contributed by atoms with Crippen LogP contribution in [0.3, 0.4) is 0 Å². The number of fused-ring (bicyclic) bond motifs is 5. The van der Waals surface area contributed by atoms with E-state index in [-0.39, 0.29) is 5.60 Å². The zero-order chi connectivity index (χ0) is 20.1. The minimum atomic E-state index is -0.160. The van der Waals surface area contributed by atoms with Crippen molar-refractivity contribution in [1.29, 1.82) is 0 Å². The van der Waals surface area contributed by atoms with Crippen LogP contribution >= 0.6 is 34.9 Å². The average molecular weight is 438 g/mol. The van der Waals surface area contributed by atoms with Gasteiger partial charge >= 0.3 is 0 Å². The van der Waals surface area contributed by atoms with Crippen LogP contribution in [-0.4, -0.2) is 61.7 Å². The van der Waals surface area contributed by atoms with Crippen molar-refractivity contribution in [2.24, 2.45) is 0 Å². The van der Waals surface area contributed by atoms with E-state index in [1.807, 2.05) is 0 Å². The van der Waals surface area contributed by atoms with Gasteiger partial charge in [0.2, 0.25) is 0 Å². The fraction of sp³-hybridized carbons (Fsp3) is 0.632. The van der Waals surface area contributed by atoms with E-state index < -0.39 is 0 Å². The molecular weight excluding hydrogens is 410 g/mol. The summed E-state index contributed by atoms with van der Waals surface area (Å²) in [5.74, 6) is 0.972. The van der Waals surface area contributed by atoms with Crippen LogP contribution < -0.4 is 0 Å². The lowest BCUT2D eigenvalue weighted by atomic mass is 9.94. The number of rotatable bonds is 6. The lowest BCUT2D eigenvalue weighted by Gasteiger charge is -2.30. The number of ether oxygens (including phenoxy) is 1. The number of aromatic nitrogens is 4. The van der Waals surface area contributed by atoms with Crippen molar-refractivity contribution in [3.8, 4) is 0 Å². The Morgan fingerprint density at radius 3 is 2.75 bits per heavy atom. The van der Waals surface area contributed by atoms with Crippen LogP contribution in [0.1, 0.15) is 38.1 Å². The molecule has 0 saturated heterocycles. The Hall–Kier alpha value is -0.870. The SMILES string of the molecule is CC(C)Sc1nc2sc3c(c2c2nnc(SCCN(C)C)n12)CC(C)(C)OC3. The fourth-order valence-electron chi connectivity index (χ4n) is 3.29. The molecule has 0 atom stereocenters. The summed E-state index contributed by atoms with van der Waals surface area (Å²) in [5.41, 5.74) is 2.12. The second-order valence-corrected chi connectivity index (χ2v) is 12.0. The minimum Gasteiger partial charge on any atom is -0.370 e. The Bertz CT molecular complexity index is 1010. The van der Waals surface area contributed by atoms with Gasteiger partial charge in [-0.3, -0.25) is 0 Å². The Labute approximate surface area is 178 Å². The number of nitrogens with zero attached hydrogens (tertiary/aromatic N) is 5. The first kappa shape index (κ1) is 20.4. The molecule has 0 spiro atoms. The maximum atomic E-state index is 6.03. The predicted molar refractivity (Wildman–Crippen MR) is 119 cm³/mol. The molecule has 0 aromatic carbocycles. The van der Waals surface area contributed by atoms with Gasteiger partial charge in [-0.1, -0.05) is 37.4 Å². The van der Waals surface area contributed by atoms with Crippen molar-refractivity contribution < 1.29 is 4.74 Å². The lowest BCUT2D eigenvalue weighted by molar-refractivity contribution is -0.0379. The molecule has 28 heavy (non-hydrogen) atoms. The zero-order valence-corrected chi connectivity index (χ0v) is 19.7. The zero-order valence-electron chi connectivity index (χ0n) is 17.3. The number of thioether (sulfide) groups is 2. The van der Waals surface area contributed by atoms with E-state index in [9.17, 15) is 0 Å². The Morgan fingerprint density at radius 2 is 2.04 bits per heavy atom. The van der Waals surface area contributed by atoms with Gasteiger partial charge < -0.3 is 9.64 Å². The molecule has 0 saturated carbocycles. The van der Waals surface area contributed by atoms with Crippen LogP contribution in [0.25, 0.3) is 15.9 Å². The largest absolute Gasteiger partial charge is 0.370 e. The molecule has 9 heteroatoms. The van der Waals surface area contributed by atoms with Gasteiger partial charge in [0.15, 0.2) is 16.0 Å². The molecule has 152 valence electrons. The monoisotopic (exact) mass is 437 g/mol. The molecule has 0 bridgehead atoms. The molecule has 6 nitrogen and oxygen atoms in total. The Balaban J connectivity index is 1.87. The maximum Gasteiger partial charge on any atom is 0.197 e. The van der Waals surface area contributed by atoms with Gasteiger partial charge in [0.1, 0.15) is 4.83 Å². The second-order valence-electron chi connectivity index (χ2n) is 8.26. The summed E-state index contributed by atoms with van der Waals surface area (Å²) in [5, 5.41) is 12.7. The standard InChI is InChI=1S/C19H27N5OS3/c1-11(2)27-17-20-16-14(12-9-19(3,4)25-10-13(12)28-16)15-21-22-18(24(15)17)26-8-7-23(5)6/h11H,7-10H2,1-6H3. The fourth-order valence-corrected chi connectivity index (χ4v) is 6.39. The maximum absolute atomic E-state index is 6.03. The molecule has 0 amide bonds. The average Bonchev–Trinajstić information content (AvgIpc) is 3.14. The molecule has 1 aliphatic rings. The quantitative estimate of drug-likeness (QED) is 0.420. The predicted octanol–water partition coefficient (Wildman–Crippen LogP) is 4.34. The Kier molecular flexibility index (Phi) is 5.65. The van der Waals surface area contributed by atoms with Crippen molar-refractivity contribution in [3.63, 3.8) is 0 Å². The molecule has 3 aromatic heterocycles. The highest BCUT2D eigenvalue weighted by Crippen LogP contribution is 2.41. The lowest BCUT2D eigenvalue weighted by Crippen LogP contribution is -2.31. The molecule has 0 radical (unpaired) electrons. The van der Waals surface area contributed by atoms with Crippen LogP contribution in [0.4, 0.5) is 0 Å². The van der Waals surface area contributed by atoms with E-state index in [2.05, 4.69) is 61.3 Å². The molecule has 0 aliphatic carbocycles. The molecule has 4 rings (SSSR count). The van der Waals surface area contributed by atoms with E-state index in [1.54, 1.807) is 34.9 Å². The van der Waals surface area contributed by atoms with E-state index in [4.69, 9.17) is 9.72 Å². The number of hydrogen-bond acceptors (Lipinski definition) is 8. The summed E-state index contributed by atoms with van der Waals surface area (Å²) in [6.45, 7) is 10.4. The van der Waals surface area contributed by atoms with Crippen molar-refractivity contribution in [2.75, 3.05) is 26.4 Å². The summed E-state index contributed by atoms with van der Waals surface area (Å²) in [6, 6.07) is 0. The van der Waals surface area contributed by atoms with Crippen LogP contribution in [-0.2, 0) is 17.8 Å². The summed E-state index contributed by atoms with van der Waals surface area (Å²) >= 11 is 5.26. The second kappa shape index (κ2) is 7.75. The van der Waals surface area contributed by atoms with Crippen molar-refractivity contribution in [1.82, 2.24) is 24.5 Å². The molecular formula is C19H27N5OS3. The van der Waals surface area contributed by atoms with E-state index in [0.717, 1.165) is 44.9 Å². The van der Waals surface area contributed by atoms with Gasteiger partial charge in [-0.2, -0.15) is 0 Å². The molecule has 3 aromatic rings. The van der Waals surface area contributed by atoms with Crippen molar-refractivity contribution in [3.05, 3.63) is 10.4 Å². The van der Waals surface area contributed by atoms with E-state index in [0.29, 0.717) is 11.9 Å². The van der Waals surface area contributed by atoms with Crippen LogP contribution in [0.15, 0.2) is 10.3 Å². The van der Waals surface area contributed by atoms with Gasteiger partial charge in [-0.05, 0) is 33.5 Å². The summed E-state index contributed by atoms with van der Waals surface area (Å²) in [6.07, 6.45) is 0.881. The molecule has 0 unspecified atom stereocenters. The first-order valence-electron chi connectivity index (χ1n) is 9.52. The summed E-state index contributed by atoms with van der Waals surface area (Å²) in [4.78, 5) is 9.58. The highest BCUT2D eigenvalue weighted by Gasteiger charge is 2.31. The third-order valence-corrected chi connectivity index (χ3v) is 7.59. The summed E-state index contributed by atoms with van der Waals surface area (Å²) in [7, 11) is 4.18. The highest BCUT2D eigenvalue weighted by atomic mass is 32.2. The van der Waals surface area contributed by atoms with Gasteiger partial charge in [-0.25, -0.2) is 9.38 Å². The van der Waals surface area contributed by atoms with Gasteiger partial charge in [0.05, 0.1) is 17.6 Å². The van der Waals surface area contributed by atoms with Crippen molar-refractivity contribution >= 4 is 50.7 Å². The van der Waals surface area contributed by atoms with E-state index in [1.165, 1.54) is 10.4 Å².